The summed E-state index contributed by atoms with van der Waals surface area (Å²) in [4.78, 5) is 13.2. The summed E-state index contributed by atoms with van der Waals surface area (Å²) < 4.78 is 5.55. The fourth-order valence-corrected chi connectivity index (χ4v) is 4.29. The van der Waals surface area contributed by atoms with Crippen molar-refractivity contribution in [2.75, 3.05) is 11.6 Å². The van der Waals surface area contributed by atoms with Gasteiger partial charge >= 0.3 is 5.97 Å². The molecule has 1 aliphatic heterocycles. The monoisotopic (exact) mass is 394 g/mol. The topological polar surface area (TPSA) is 41.9 Å². The van der Waals surface area contributed by atoms with Crippen molar-refractivity contribution in [1.29, 1.82) is 0 Å². The van der Waals surface area contributed by atoms with Crippen molar-refractivity contribution in [3.63, 3.8) is 0 Å². The molecule has 0 amide bonds. The van der Waals surface area contributed by atoms with Crippen LogP contribution < -0.4 is 5.01 Å². The number of anilines is 1. The highest BCUT2D eigenvalue weighted by molar-refractivity contribution is 6.33. The number of para-hydroxylation sites is 1. The van der Waals surface area contributed by atoms with Crippen molar-refractivity contribution in [3.8, 4) is 0 Å². The average Bonchev–Trinajstić information content (AvgIpc) is 2.74. The zero-order valence-electron chi connectivity index (χ0n) is 15.9. The molecule has 5 heteroatoms. The highest BCUT2D eigenvalue weighted by Gasteiger charge is 2.50. The molecule has 4 rings (SSSR count). The Morgan fingerprint density at radius 1 is 1.18 bits per heavy atom. The number of carbonyl (C=O) groups is 1. The van der Waals surface area contributed by atoms with Gasteiger partial charge in [-0.15, -0.1) is 0 Å². The molecule has 0 spiro atoms. The van der Waals surface area contributed by atoms with Crippen molar-refractivity contribution in [3.05, 3.63) is 77.0 Å². The predicted octanol–water partition coefficient (Wildman–Crippen LogP) is 5.57. The van der Waals surface area contributed by atoms with Crippen LogP contribution >= 0.6 is 11.6 Å². The first kappa shape index (κ1) is 18.8. The summed E-state index contributed by atoms with van der Waals surface area (Å²) in [7, 11) is 0. The molecular formula is C23H23ClN2O2. The summed E-state index contributed by atoms with van der Waals surface area (Å²) in [5.74, 6) is -0.179. The Labute approximate surface area is 170 Å². The van der Waals surface area contributed by atoms with E-state index in [1.807, 2.05) is 66.5 Å². The molecule has 0 saturated heterocycles. The second-order valence-corrected chi connectivity index (χ2v) is 7.54. The SMILES string of the molecule is CCOC(=O)C12CCCC=C1N(c1ccccc1Cl)N=C(c1ccccc1)C2. The van der Waals surface area contributed by atoms with Crippen LogP contribution in [0.15, 0.2) is 71.5 Å². The minimum Gasteiger partial charge on any atom is -0.465 e. The van der Waals surface area contributed by atoms with Crippen LogP contribution in [0.5, 0.6) is 0 Å². The molecule has 2 aromatic carbocycles. The lowest BCUT2D eigenvalue weighted by Gasteiger charge is -2.44. The van der Waals surface area contributed by atoms with Gasteiger partial charge < -0.3 is 4.74 Å². The van der Waals surface area contributed by atoms with Crippen molar-refractivity contribution in [2.45, 2.75) is 32.6 Å². The Kier molecular flexibility index (Phi) is 5.23. The van der Waals surface area contributed by atoms with E-state index in [4.69, 9.17) is 21.4 Å². The molecule has 1 aliphatic carbocycles. The zero-order valence-corrected chi connectivity index (χ0v) is 16.7. The van der Waals surface area contributed by atoms with Gasteiger partial charge in [0.2, 0.25) is 0 Å². The van der Waals surface area contributed by atoms with E-state index in [0.29, 0.717) is 18.1 Å². The summed E-state index contributed by atoms with van der Waals surface area (Å²) in [6.45, 7) is 2.21. The third kappa shape index (κ3) is 3.22. The fraction of sp³-hybridized carbons (Fsp3) is 0.304. The first-order valence-corrected chi connectivity index (χ1v) is 10.1. The molecule has 0 radical (unpaired) electrons. The summed E-state index contributed by atoms with van der Waals surface area (Å²) in [6, 6.07) is 17.6. The molecule has 1 heterocycles. The molecule has 144 valence electrons. The highest BCUT2D eigenvalue weighted by Crippen LogP contribution is 2.49. The molecule has 0 saturated carbocycles. The van der Waals surface area contributed by atoms with Gasteiger partial charge in [-0.3, -0.25) is 4.79 Å². The van der Waals surface area contributed by atoms with E-state index in [1.165, 1.54) is 0 Å². The number of halogens is 1. The van der Waals surface area contributed by atoms with Crippen LogP contribution in [0.3, 0.4) is 0 Å². The maximum absolute atomic E-state index is 13.2. The van der Waals surface area contributed by atoms with E-state index in [0.717, 1.165) is 41.9 Å². The lowest BCUT2D eigenvalue weighted by atomic mass is 9.70. The molecule has 0 bridgehead atoms. The normalized spacial score (nSPS) is 21.4. The largest absolute Gasteiger partial charge is 0.465 e. The molecule has 28 heavy (non-hydrogen) atoms. The second-order valence-electron chi connectivity index (χ2n) is 7.14. The van der Waals surface area contributed by atoms with Gasteiger partial charge in [-0.1, -0.05) is 60.1 Å². The minimum absolute atomic E-state index is 0.179. The van der Waals surface area contributed by atoms with Gasteiger partial charge in [0.1, 0.15) is 5.41 Å². The number of rotatable bonds is 4. The van der Waals surface area contributed by atoms with Gasteiger partial charge in [-0.05, 0) is 43.9 Å². The number of ether oxygens (including phenoxy) is 1. The third-order valence-electron chi connectivity index (χ3n) is 5.41. The van der Waals surface area contributed by atoms with Crippen LogP contribution in [0, 0.1) is 5.41 Å². The van der Waals surface area contributed by atoms with Crippen molar-refractivity contribution in [2.24, 2.45) is 10.5 Å². The van der Waals surface area contributed by atoms with Crippen LogP contribution in [-0.2, 0) is 9.53 Å². The molecule has 0 fully saturated rings. The molecule has 1 atom stereocenters. The van der Waals surface area contributed by atoms with Gasteiger partial charge in [0.05, 0.1) is 28.7 Å². The maximum atomic E-state index is 13.2. The van der Waals surface area contributed by atoms with E-state index < -0.39 is 5.41 Å². The fourth-order valence-electron chi connectivity index (χ4n) is 4.08. The number of benzene rings is 2. The molecule has 1 unspecified atom stereocenters. The molecule has 0 aromatic heterocycles. The highest BCUT2D eigenvalue weighted by atomic mass is 35.5. The minimum atomic E-state index is -0.736. The summed E-state index contributed by atoms with van der Waals surface area (Å²) in [6.07, 6.45) is 5.25. The van der Waals surface area contributed by atoms with Crippen LogP contribution in [0.1, 0.15) is 38.2 Å². The lowest BCUT2D eigenvalue weighted by molar-refractivity contribution is -0.153. The van der Waals surface area contributed by atoms with Gasteiger partial charge in [0.15, 0.2) is 0 Å². The number of esters is 1. The molecule has 0 N–H and O–H groups in total. The van der Waals surface area contributed by atoms with E-state index in [1.54, 1.807) is 0 Å². The van der Waals surface area contributed by atoms with E-state index in [2.05, 4.69) is 6.08 Å². The van der Waals surface area contributed by atoms with E-state index in [-0.39, 0.29) is 5.97 Å². The number of fused-ring (bicyclic) bond motifs is 1. The Morgan fingerprint density at radius 2 is 1.93 bits per heavy atom. The predicted molar refractivity (Wildman–Crippen MR) is 113 cm³/mol. The van der Waals surface area contributed by atoms with Crippen LogP contribution in [-0.4, -0.2) is 18.3 Å². The average molecular weight is 395 g/mol. The third-order valence-corrected chi connectivity index (χ3v) is 5.73. The lowest BCUT2D eigenvalue weighted by Crippen LogP contribution is -2.47. The van der Waals surface area contributed by atoms with Crippen LogP contribution in [0.4, 0.5) is 5.69 Å². The van der Waals surface area contributed by atoms with Gasteiger partial charge in [-0.25, -0.2) is 5.01 Å². The summed E-state index contributed by atoms with van der Waals surface area (Å²) in [5, 5.41) is 7.40. The number of nitrogens with zero attached hydrogens (tertiary/aromatic N) is 2. The smallest absolute Gasteiger partial charge is 0.318 e. The van der Waals surface area contributed by atoms with Crippen LogP contribution in [0.25, 0.3) is 0 Å². The summed E-state index contributed by atoms with van der Waals surface area (Å²) in [5.41, 5.74) is 2.80. The van der Waals surface area contributed by atoms with Crippen molar-refractivity contribution in [1.82, 2.24) is 0 Å². The quantitative estimate of drug-likeness (QED) is 0.636. The van der Waals surface area contributed by atoms with Crippen molar-refractivity contribution < 1.29 is 9.53 Å². The van der Waals surface area contributed by atoms with E-state index >= 15 is 0 Å². The number of hydrogen-bond acceptors (Lipinski definition) is 4. The van der Waals surface area contributed by atoms with Gasteiger partial charge in [0.25, 0.3) is 0 Å². The molecule has 4 nitrogen and oxygen atoms in total. The number of carbonyl (C=O) groups excluding carboxylic acids is 1. The Bertz CT molecular complexity index is 939. The van der Waals surface area contributed by atoms with Gasteiger partial charge in [-0.2, -0.15) is 5.10 Å². The number of allylic oxidation sites excluding steroid dienone is 1. The van der Waals surface area contributed by atoms with E-state index in [9.17, 15) is 4.79 Å². The van der Waals surface area contributed by atoms with Crippen molar-refractivity contribution >= 4 is 29.0 Å². The Hall–Kier alpha value is -2.59. The first-order valence-electron chi connectivity index (χ1n) is 9.71. The molecule has 2 aromatic rings. The van der Waals surface area contributed by atoms with Gasteiger partial charge in [0, 0.05) is 6.42 Å². The second kappa shape index (κ2) is 7.80. The number of hydrogen-bond donors (Lipinski definition) is 0. The molecule has 2 aliphatic rings. The van der Waals surface area contributed by atoms with Crippen LogP contribution in [0.2, 0.25) is 5.02 Å². The maximum Gasteiger partial charge on any atom is 0.318 e. The summed E-state index contributed by atoms with van der Waals surface area (Å²) >= 11 is 6.51. The molecular weight excluding hydrogens is 372 g/mol. The number of hydrazone groups is 1. The first-order chi connectivity index (χ1) is 13.7. The Morgan fingerprint density at radius 3 is 2.68 bits per heavy atom. The Balaban J connectivity index is 1.91. The zero-order chi connectivity index (χ0) is 19.6. The standard InChI is InChI=1S/C23H23ClN2O2/c1-2-28-22(27)23-15-9-8-14-21(23)26(20-13-7-6-12-18(20)24)25-19(16-23)17-10-4-3-5-11-17/h3-7,10-14H,2,8-9,15-16H2,1H3.